The third kappa shape index (κ3) is 3.30. The number of aromatic nitrogens is 1. The molecule has 0 aliphatic heterocycles. The highest BCUT2D eigenvalue weighted by atomic mass is 79.9. The van der Waals surface area contributed by atoms with E-state index in [2.05, 4.69) is 21.2 Å². The van der Waals surface area contributed by atoms with Crippen molar-refractivity contribution in [2.45, 2.75) is 13.5 Å². The van der Waals surface area contributed by atoms with Crippen molar-refractivity contribution in [1.29, 1.82) is 0 Å². The smallest absolute Gasteiger partial charge is 0.272 e. The molecule has 0 saturated carbocycles. The number of carbonyl (C=O) groups is 2. The lowest BCUT2D eigenvalue weighted by Crippen LogP contribution is -2.18. The molecule has 22 heavy (non-hydrogen) atoms. The monoisotopic (exact) mass is 365 g/mol. The molecule has 7 heteroatoms. The zero-order valence-electron chi connectivity index (χ0n) is 12.2. The molecule has 0 aliphatic carbocycles. The number of aryl methyl sites for hydroxylation is 1. The number of nitrogens with zero attached hydrogens (tertiary/aromatic N) is 1. The van der Waals surface area contributed by atoms with Crippen molar-refractivity contribution in [3.8, 4) is 5.75 Å². The number of anilines is 1. The van der Waals surface area contributed by atoms with Crippen LogP contribution in [0.25, 0.3) is 0 Å². The minimum Gasteiger partial charge on any atom is -0.495 e. The summed E-state index contributed by atoms with van der Waals surface area (Å²) in [6.07, 6.45) is 1.83. The van der Waals surface area contributed by atoms with E-state index in [1.807, 2.05) is 17.7 Å². The molecule has 0 bridgehead atoms. The van der Waals surface area contributed by atoms with E-state index in [0.29, 0.717) is 29.2 Å². The van der Waals surface area contributed by atoms with Gasteiger partial charge in [-0.3, -0.25) is 9.59 Å². The van der Waals surface area contributed by atoms with Crippen LogP contribution in [-0.2, 0) is 6.54 Å². The van der Waals surface area contributed by atoms with Crippen LogP contribution in [0.4, 0.5) is 5.69 Å². The summed E-state index contributed by atoms with van der Waals surface area (Å²) in [5.74, 6) is -0.419. The summed E-state index contributed by atoms with van der Waals surface area (Å²) < 4.78 is 7.82. The summed E-state index contributed by atoms with van der Waals surface area (Å²) >= 11 is 3.35. The van der Waals surface area contributed by atoms with Crippen molar-refractivity contribution in [1.82, 2.24) is 4.57 Å². The Morgan fingerprint density at radius 1 is 1.36 bits per heavy atom. The third-order valence-electron chi connectivity index (χ3n) is 3.17. The second kappa shape index (κ2) is 6.65. The number of rotatable bonds is 5. The molecule has 1 heterocycles. The Bertz CT molecular complexity index is 725. The number of nitrogens with one attached hydrogen (secondary N) is 1. The number of hydrogen-bond donors (Lipinski definition) is 2. The van der Waals surface area contributed by atoms with Gasteiger partial charge in [-0.05, 0) is 47.1 Å². The van der Waals surface area contributed by atoms with Crippen molar-refractivity contribution < 1.29 is 14.3 Å². The molecule has 116 valence electrons. The quantitative estimate of drug-likeness (QED) is 0.853. The first-order chi connectivity index (χ1) is 10.5. The van der Waals surface area contributed by atoms with Crippen LogP contribution in [0.2, 0.25) is 0 Å². The van der Waals surface area contributed by atoms with Crippen LogP contribution < -0.4 is 15.8 Å². The lowest BCUT2D eigenvalue weighted by atomic mass is 10.1. The maximum Gasteiger partial charge on any atom is 0.272 e. The average Bonchev–Trinajstić information content (AvgIpc) is 2.88. The minimum atomic E-state index is -0.571. The molecule has 1 aromatic carbocycles. The highest BCUT2D eigenvalue weighted by Gasteiger charge is 2.15. The van der Waals surface area contributed by atoms with Crippen molar-refractivity contribution in [3.05, 3.63) is 46.2 Å². The predicted molar refractivity (Wildman–Crippen MR) is 87.3 cm³/mol. The second-order valence-corrected chi connectivity index (χ2v) is 5.48. The number of methoxy groups -OCH3 is 1. The Morgan fingerprint density at radius 3 is 2.68 bits per heavy atom. The van der Waals surface area contributed by atoms with E-state index in [1.54, 1.807) is 18.2 Å². The molecular formula is C15H16BrN3O3. The summed E-state index contributed by atoms with van der Waals surface area (Å²) in [5.41, 5.74) is 6.45. The van der Waals surface area contributed by atoms with Gasteiger partial charge in [0.25, 0.3) is 5.91 Å². The third-order valence-corrected chi connectivity index (χ3v) is 3.60. The zero-order chi connectivity index (χ0) is 16.3. The number of ether oxygens (including phenoxy) is 1. The fraction of sp³-hybridized carbons (Fsp3) is 0.200. The molecule has 0 unspecified atom stereocenters. The number of amides is 2. The van der Waals surface area contributed by atoms with E-state index in [0.717, 1.165) is 4.47 Å². The highest BCUT2D eigenvalue weighted by Crippen LogP contribution is 2.26. The number of hydrogen-bond acceptors (Lipinski definition) is 3. The molecule has 0 atom stereocenters. The lowest BCUT2D eigenvalue weighted by Gasteiger charge is -2.12. The zero-order valence-corrected chi connectivity index (χ0v) is 13.8. The number of carbonyl (C=O) groups excluding carboxylic acids is 2. The van der Waals surface area contributed by atoms with Crippen LogP contribution >= 0.6 is 15.9 Å². The van der Waals surface area contributed by atoms with Crippen molar-refractivity contribution in [2.24, 2.45) is 5.73 Å². The summed E-state index contributed by atoms with van der Waals surface area (Å²) in [5, 5.41) is 2.75. The summed E-state index contributed by atoms with van der Waals surface area (Å²) in [4.78, 5) is 23.7. The number of primary amides is 1. The van der Waals surface area contributed by atoms with Crippen molar-refractivity contribution >= 4 is 33.4 Å². The summed E-state index contributed by atoms with van der Waals surface area (Å²) in [6.45, 7) is 2.60. The summed E-state index contributed by atoms with van der Waals surface area (Å²) in [6, 6.07) is 6.35. The van der Waals surface area contributed by atoms with Crippen LogP contribution in [0.5, 0.6) is 5.75 Å². The van der Waals surface area contributed by atoms with Crippen LogP contribution in [0, 0.1) is 0 Å². The molecule has 2 rings (SSSR count). The predicted octanol–water partition coefficient (Wildman–Crippen LogP) is 2.63. The van der Waals surface area contributed by atoms with Gasteiger partial charge >= 0.3 is 0 Å². The fourth-order valence-electron chi connectivity index (χ4n) is 2.07. The molecule has 0 fully saturated rings. The molecular weight excluding hydrogens is 350 g/mol. The molecule has 3 N–H and O–H groups in total. The molecule has 2 amide bonds. The molecule has 0 saturated heterocycles. The molecule has 0 radical (unpaired) electrons. The normalized spacial score (nSPS) is 10.3. The fourth-order valence-corrected chi connectivity index (χ4v) is 2.54. The number of benzene rings is 1. The standard InChI is InChI=1S/C15H16BrN3O3/c1-3-19-8-10(16)7-12(19)15(21)18-11-6-9(14(17)20)4-5-13(11)22-2/h4-8H,3H2,1-2H3,(H2,17,20)(H,18,21). The Balaban J connectivity index is 2.34. The minimum absolute atomic E-state index is 0.295. The van der Waals surface area contributed by atoms with Gasteiger partial charge in [0.05, 0.1) is 12.8 Å². The Hall–Kier alpha value is -2.28. The van der Waals surface area contributed by atoms with Gasteiger partial charge in [0.1, 0.15) is 11.4 Å². The van der Waals surface area contributed by atoms with E-state index < -0.39 is 5.91 Å². The van der Waals surface area contributed by atoms with Crippen LogP contribution in [0.3, 0.4) is 0 Å². The Labute approximate surface area is 136 Å². The molecule has 0 spiro atoms. The topological polar surface area (TPSA) is 86.4 Å². The first-order valence-corrected chi connectivity index (χ1v) is 7.40. The molecule has 1 aromatic heterocycles. The van der Waals surface area contributed by atoms with Gasteiger partial charge in [-0.2, -0.15) is 0 Å². The van der Waals surface area contributed by atoms with Gasteiger partial charge in [0.15, 0.2) is 0 Å². The van der Waals surface area contributed by atoms with Gasteiger partial charge in [0, 0.05) is 22.8 Å². The van der Waals surface area contributed by atoms with Crippen molar-refractivity contribution in [2.75, 3.05) is 12.4 Å². The highest BCUT2D eigenvalue weighted by molar-refractivity contribution is 9.10. The average molecular weight is 366 g/mol. The van der Waals surface area contributed by atoms with E-state index in [1.165, 1.54) is 13.2 Å². The maximum atomic E-state index is 12.4. The lowest BCUT2D eigenvalue weighted by molar-refractivity contribution is 0.0994. The van der Waals surface area contributed by atoms with E-state index >= 15 is 0 Å². The van der Waals surface area contributed by atoms with E-state index in [9.17, 15) is 9.59 Å². The molecule has 0 aliphatic rings. The van der Waals surface area contributed by atoms with Gasteiger partial charge in [-0.25, -0.2) is 0 Å². The first-order valence-electron chi connectivity index (χ1n) is 6.61. The van der Waals surface area contributed by atoms with Crippen LogP contribution in [-0.4, -0.2) is 23.5 Å². The Kier molecular flexibility index (Phi) is 4.87. The molecule has 6 nitrogen and oxygen atoms in total. The maximum absolute atomic E-state index is 12.4. The second-order valence-electron chi connectivity index (χ2n) is 4.56. The van der Waals surface area contributed by atoms with Gasteiger partial charge in [-0.1, -0.05) is 0 Å². The van der Waals surface area contributed by atoms with Gasteiger partial charge in [-0.15, -0.1) is 0 Å². The largest absolute Gasteiger partial charge is 0.495 e. The molecule has 2 aromatic rings. The van der Waals surface area contributed by atoms with Crippen molar-refractivity contribution in [3.63, 3.8) is 0 Å². The first kappa shape index (κ1) is 16.1. The summed E-state index contributed by atoms with van der Waals surface area (Å²) in [7, 11) is 1.49. The number of halogens is 1. The SMILES string of the molecule is CCn1cc(Br)cc1C(=O)Nc1cc(C(N)=O)ccc1OC. The Morgan fingerprint density at radius 2 is 2.09 bits per heavy atom. The number of nitrogens with two attached hydrogens (primary N) is 1. The van der Waals surface area contributed by atoms with Crippen LogP contribution in [0.15, 0.2) is 34.9 Å². The van der Waals surface area contributed by atoms with Gasteiger partial charge in [0.2, 0.25) is 5.91 Å². The van der Waals surface area contributed by atoms with E-state index in [-0.39, 0.29) is 5.91 Å². The van der Waals surface area contributed by atoms with Gasteiger partial charge < -0.3 is 20.4 Å². The van der Waals surface area contributed by atoms with E-state index in [4.69, 9.17) is 10.5 Å². The van der Waals surface area contributed by atoms with Crippen LogP contribution in [0.1, 0.15) is 27.8 Å².